The van der Waals surface area contributed by atoms with Gasteiger partial charge in [0, 0.05) is 24.5 Å². The van der Waals surface area contributed by atoms with E-state index in [-0.39, 0.29) is 11.6 Å². The predicted molar refractivity (Wildman–Crippen MR) is 93.1 cm³/mol. The largest absolute Gasteiger partial charge is 0.418 e. The number of nitro groups is 1. The lowest BCUT2D eigenvalue weighted by molar-refractivity contribution is -0.385. The molecule has 0 bridgehead atoms. The van der Waals surface area contributed by atoms with Crippen LogP contribution < -0.4 is 5.32 Å². The Hall–Kier alpha value is -2.01. The Bertz CT molecular complexity index is 807. The number of anilines is 2. The number of rotatable bonds is 5. The van der Waals surface area contributed by atoms with Crippen molar-refractivity contribution < 1.29 is 18.1 Å². The van der Waals surface area contributed by atoms with Crippen LogP contribution >= 0.6 is 31.9 Å². The summed E-state index contributed by atoms with van der Waals surface area (Å²) in [5, 5.41) is 13.1. The van der Waals surface area contributed by atoms with E-state index in [2.05, 4.69) is 47.1 Å². The van der Waals surface area contributed by atoms with Gasteiger partial charge in [-0.1, -0.05) is 6.08 Å². The minimum atomic E-state index is -4.76. The van der Waals surface area contributed by atoms with Gasteiger partial charge in [0.25, 0.3) is 5.69 Å². The molecular weight excluding hydrogens is 473 g/mol. The van der Waals surface area contributed by atoms with Gasteiger partial charge in [-0.25, -0.2) is 9.97 Å². The zero-order chi connectivity index (χ0) is 18.6. The Morgan fingerprint density at radius 2 is 1.92 bits per heavy atom. The third kappa shape index (κ3) is 5.49. The van der Waals surface area contributed by atoms with Crippen molar-refractivity contribution in [2.45, 2.75) is 12.6 Å². The highest BCUT2D eigenvalue weighted by atomic mass is 79.9. The second-order valence-electron chi connectivity index (χ2n) is 4.72. The van der Waals surface area contributed by atoms with Gasteiger partial charge in [0.1, 0.15) is 0 Å². The van der Waals surface area contributed by atoms with Crippen LogP contribution in [-0.4, -0.2) is 14.9 Å². The van der Waals surface area contributed by atoms with Crippen LogP contribution in [-0.2, 0) is 12.6 Å². The van der Waals surface area contributed by atoms with Crippen LogP contribution in [0.2, 0.25) is 0 Å². The third-order valence-corrected chi connectivity index (χ3v) is 3.61. The number of nitrogens with zero attached hydrogens (tertiary/aromatic N) is 3. The molecule has 132 valence electrons. The normalized spacial score (nSPS) is 11.1. The maximum absolute atomic E-state index is 13.1. The molecule has 0 saturated carbocycles. The van der Waals surface area contributed by atoms with Crippen molar-refractivity contribution in [2.24, 2.45) is 0 Å². The zero-order valence-electron chi connectivity index (χ0n) is 12.2. The first kappa shape index (κ1) is 19.3. The lowest BCUT2D eigenvalue weighted by Crippen LogP contribution is -2.10. The summed E-state index contributed by atoms with van der Waals surface area (Å²) in [6.45, 7) is 0. The molecule has 0 aliphatic heterocycles. The van der Waals surface area contributed by atoms with E-state index in [1.54, 1.807) is 0 Å². The average Bonchev–Trinajstić information content (AvgIpc) is 2.53. The van der Waals surface area contributed by atoms with Crippen LogP contribution in [0.4, 0.5) is 30.5 Å². The molecular formula is C14H9Br2F3N4O2. The number of hydrogen-bond acceptors (Lipinski definition) is 5. The van der Waals surface area contributed by atoms with Gasteiger partial charge in [0.2, 0.25) is 5.95 Å². The molecule has 1 heterocycles. The Labute approximate surface area is 156 Å². The molecule has 0 saturated heterocycles. The minimum absolute atomic E-state index is 0.0509. The number of aromatic nitrogens is 2. The summed E-state index contributed by atoms with van der Waals surface area (Å²) in [6.07, 6.45) is 0.503. The summed E-state index contributed by atoms with van der Waals surface area (Å²) in [6, 6.07) is 2.42. The van der Waals surface area contributed by atoms with Crippen LogP contribution in [0, 0.1) is 10.1 Å². The Morgan fingerprint density at radius 3 is 2.44 bits per heavy atom. The van der Waals surface area contributed by atoms with Gasteiger partial charge in [-0.15, -0.1) is 0 Å². The highest BCUT2D eigenvalue weighted by Crippen LogP contribution is 2.37. The number of nitro benzene ring substituents is 1. The van der Waals surface area contributed by atoms with Gasteiger partial charge in [0.05, 0.1) is 19.6 Å². The SMILES string of the molecule is O=[N+]([O-])c1ccc(Nc2ncc(CC=C(Br)Br)cn2)c(C(F)(F)F)c1. The number of allylic oxidation sites excluding steroid dienone is 1. The molecule has 2 aromatic rings. The molecule has 0 unspecified atom stereocenters. The van der Waals surface area contributed by atoms with E-state index in [0.29, 0.717) is 12.5 Å². The molecule has 1 N–H and O–H groups in total. The number of hydrogen-bond donors (Lipinski definition) is 1. The van der Waals surface area contributed by atoms with Crippen LogP contribution in [0.25, 0.3) is 0 Å². The maximum Gasteiger partial charge on any atom is 0.418 e. The molecule has 0 fully saturated rings. The highest BCUT2D eigenvalue weighted by Gasteiger charge is 2.35. The monoisotopic (exact) mass is 480 g/mol. The van der Waals surface area contributed by atoms with Crippen molar-refractivity contribution in [3.63, 3.8) is 0 Å². The van der Waals surface area contributed by atoms with E-state index >= 15 is 0 Å². The van der Waals surface area contributed by atoms with Crippen molar-refractivity contribution >= 4 is 49.2 Å². The van der Waals surface area contributed by atoms with Crippen LogP contribution in [0.3, 0.4) is 0 Å². The van der Waals surface area contributed by atoms with Gasteiger partial charge in [-0.2, -0.15) is 13.2 Å². The fraction of sp³-hybridized carbons (Fsp3) is 0.143. The van der Waals surface area contributed by atoms with E-state index in [9.17, 15) is 23.3 Å². The zero-order valence-corrected chi connectivity index (χ0v) is 15.4. The van der Waals surface area contributed by atoms with Crippen LogP contribution in [0.1, 0.15) is 11.1 Å². The van der Waals surface area contributed by atoms with Gasteiger partial charge >= 0.3 is 6.18 Å². The van der Waals surface area contributed by atoms with Gasteiger partial charge in [-0.3, -0.25) is 10.1 Å². The van der Waals surface area contributed by atoms with E-state index in [4.69, 9.17) is 0 Å². The topological polar surface area (TPSA) is 81.0 Å². The molecule has 0 amide bonds. The molecule has 25 heavy (non-hydrogen) atoms. The van der Waals surface area contributed by atoms with E-state index in [1.807, 2.05) is 6.08 Å². The molecule has 1 aromatic heterocycles. The number of non-ortho nitro benzene ring substituents is 1. The lowest BCUT2D eigenvalue weighted by Gasteiger charge is -2.13. The molecule has 0 aliphatic carbocycles. The second kappa shape index (κ2) is 7.91. The third-order valence-electron chi connectivity index (χ3n) is 2.96. The van der Waals surface area contributed by atoms with Crippen LogP contribution in [0.5, 0.6) is 0 Å². The van der Waals surface area contributed by atoms with E-state index < -0.39 is 22.4 Å². The molecule has 0 atom stereocenters. The van der Waals surface area contributed by atoms with Gasteiger partial charge in [0.15, 0.2) is 0 Å². The molecule has 2 rings (SSSR count). The van der Waals surface area contributed by atoms with Crippen LogP contribution in [0.15, 0.2) is 40.1 Å². The van der Waals surface area contributed by atoms with Crippen molar-refractivity contribution in [2.75, 3.05) is 5.32 Å². The molecule has 6 nitrogen and oxygen atoms in total. The first-order valence-electron chi connectivity index (χ1n) is 6.61. The molecule has 0 radical (unpaired) electrons. The van der Waals surface area contributed by atoms with Crippen molar-refractivity contribution in [3.05, 3.63) is 61.3 Å². The average molecular weight is 482 g/mol. The minimum Gasteiger partial charge on any atom is -0.324 e. The van der Waals surface area contributed by atoms with Gasteiger partial charge < -0.3 is 5.32 Å². The van der Waals surface area contributed by atoms with Crippen molar-refractivity contribution in [1.82, 2.24) is 9.97 Å². The molecule has 0 aliphatic rings. The summed E-state index contributed by atoms with van der Waals surface area (Å²) < 4.78 is 40.1. The quantitative estimate of drug-likeness (QED) is 0.461. The highest BCUT2D eigenvalue weighted by molar-refractivity contribution is 9.28. The van der Waals surface area contributed by atoms with Gasteiger partial charge in [-0.05, 0) is 49.9 Å². The van der Waals surface area contributed by atoms with Crippen molar-refractivity contribution in [3.8, 4) is 0 Å². The summed E-state index contributed by atoms with van der Waals surface area (Å²) in [5.41, 5.74) is -1.43. The Morgan fingerprint density at radius 1 is 1.28 bits per heavy atom. The molecule has 1 aromatic carbocycles. The van der Waals surface area contributed by atoms with E-state index in [0.717, 1.165) is 21.1 Å². The Kier molecular flexibility index (Phi) is 6.11. The lowest BCUT2D eigenvalue weighted by atomic mass is 10.1. The second-order valence-corrected chi connectivity index (χ2v) is 7.50. The fourth-order valence-corrected chi connectivity index (χ4v) is 2.15. The van der Waals surface area contributed by atoms with E-state index in [1.165, 1.54) is 12.4 Å². The molecule has 11 heteroatoms. The smallest absolute Gasteiger partial charge is 0.324 e. The summed E-state index contributed by atoms with van der Waals surface area (Å²) in [5.74, 6) is -0.0509. The first-order chi connectivity index (χ1) is 11.7. The summed E-state index contributed by atoms with van der Waals surface area (Å²) in [7, 11) is 0. The Balaban J connectivity index is 2.27. The fourth-order valence-electron chi connectivity index (χ4n) is 1.83. The number of halogens is 5. The molecule has 0 spiro atoms. The first-order valence-corrected chi connectivity index (χ1v) is 8.20. The summed E-state index contributed by atoms with van der Waals surface area (Å²) >= 11 is 6.41. The number of benzene rings is 1. The predicted octanol–water partition coefficient (Wildman–Crippen LogP) is 5.32. The number of alkyl halides is 3. The maximum atomic E-state index is 13.1. The standard InChI is InChI=1S/C14H9Br2F3N4O2/c15-12(16)4-1-8-6-20-13(21-7-8)22-11-3-2-9(23(24)25)5-10(11)14(17,18)19/h2-7H,1H2,(H,20,21,22). The van der Waals surface area contributed by atoms with Crippen molar-refractivity contribution in [1.29, 1.82) is 0 Å². The number of nitrogens with one attached hydrogen (secondary N) is 1. The summed E-state index contributed by atoms with van der Waals surface area (Å²) in [4.78, 5) is 17.7.